The maximum Gasteiger partial charge on any atom is 0.243 e. The Balaban J connectivity index is 2.21. The van der Waals surface area contributed by atoms with Gasteiger partial charge in [-0.2, -0.15) is 0 Å². The van der Waals surface area contributed by atoms with Crippen molar-refractivity contribution in [3.8, 4) is 11.5 Å². The van der Waals surface area contributed by atoms with Gasteiger partial charge in [0.05, 0.1) is 26.5 Å². The zero-order valence-electron chi connectivity index (χ0n) is 14.2. The van der Waals surface area contributed by atoms with Crippen molar-refractivity contribution in [2.24, 2.45) is 0 Å². The third-order valence-electron chi connectivity index (χ3n) is 3.37. The van der Waals surface area contributed by atoms with Crippen LogP contribution in [-0.2, 0) is 14.6 Å². The second-order valence-electron chi connectivity index (χ2n) is 5.22. The van der Waals surface area contributed by atoms with Crippen molar-refractivity contribution in [1.82, 2.24) is 0 Å². The number of methoxy groups -OCH3 is 2. The van der Waals surface area contributed by atoms with Crippen LogP contribution in [0.5, 0.6) is 11.5 Å². The summed E-state index contributed by atoms with van der Waals surface area (Å²) in [5.41, 5.74) is 1.06. The van der Waals surface area contributed by atoms with E-state index in [1.54, 1.807) is 18.2 Å². The third kappa shape index (κ3) is 4.63. The maximum atomic E-state index is 12.1. The predicted molar refractivity (Wildman–Crippen MR) is 96.2 cm³/mol. The third-order valence-corrected chi connectivity index (χ3v) is 4.50. The van der Waals surface area contributed by atoms with Gasteiger partial charge in [0.15, 0.2) is 20.5 Å². The van der Waals surface area contributed by atoms with E-state index >= 15 is 0 Å². The lowest BCUT2D eigenvalue weighted by Crippen LogP contribution is -2.22. The van der Waals surface area contributed by atoms with Crippen LogP contribution >= 0.6 is 0 Å². The smallest absolute Gasteiger partial charge is 0.243 e. The van der Waals surface area contributed by atoms with Gasteiger partial charge >= 0.3 is 0 Å². The average molecular weight is 364 g/mol. The summed E-state index contributed by atoms with van der Waals surface area (Å²) in [7, 11) is -0.850. The lowest BCUT2D eigenvalue weighted by molar-refractivity contribution is -0.114. The molecule has 0 aliphatic heterocycles. The van der Waals surface area contributed by atoms with Gasteiger partial charge in [-0.1, -0.05) is 18.2 Å². The largest absolute Gasteiger partial charge is 0.495 e. The van der Waals surface area contributed by atoms with E-state index in [0.717, 1.165) is 6.26 Å². The summed E-state index contributed by atoms with van der Waals surface area (Å²) in [6.45, 7) is -0.0548. The number of sulfone groups is 1. The summed E-state index contributed by atoms with van der Waals surface area (Å²) in [5.74, 6) is 0.0120. The molecule has 2 rings (SSSR count). The lowest BCUT2D eigenvalue weighted by atomic mass is 10.2. The van der Waals surface area contributed by atoms with Gasteiger partial charge in [0.2, 0.25) is 5.91 Å². The van der Waals surface area contributed by atoms with Crippen molar-refractivity contribution in [1.29, 1.82) is 0 Å². The van der Waals surface area contributed by atoms with E-state index in [9.17, 15) is 13.2 Å². The highest BCUT2D eigenvalue weighted by molar-refractivity contribution is 7.91. The molecule has 0 aromatic heterocycles. The summed E-state index contributed by atoms with van der Waals surface area (Å²) in [6, 6.07) is 12.1. The minimum absolute atomic E-state index is 0.0548. The first-order chi connectivity index (χ1) is 11.9. The zero-order valence-corrected chi connectivity index (χ0v) is 15.0. The van der Waals surface area contributed by atoms with Crippen LogP contribution in [-0.4, -0.2) is 41.3 Å². The summed E-state index contributed by atoms with van der Waals surface area (Å²) < 4.78 is 34.5. The minimum atomic E-state index is -3.59. The van der Waals surface area contributed by atoms with Crippen LogP contribution in [0.4, 0.5) is 11.4 Å². The molecular weight excluding hydrogens is 344 g/mol. The van der Waals surface area contributed by atoms with Crippen molar-refractivity contribution < 1.29 is 22.7 Å². The monoisotopic (exact) mass is 364 g/mol. The zero-order chi connectivity index (χ0) is 18.4. The van der Waals surface area contributed by atoms with E-state index in [-0.39, 0.29) is 28.8 Å². The van der Waals surface area contributed by atoms with Crippen molar-refractivity contribution in [3.05, 3.63) is 42.5 Å². The number of carbonyl (C=O) groups is 1. The number of anilines is 2. The molecule has 2 N–H and O–H groups in total. The quantitative estimate of drug-likeness (QED) is 0.782. The molecule has 0 bridgehead atoms. The number of rotatable bonds is 7. The second kappa shape index (κ2) is 7.89. The molecule has 0 saturated carbocycles. The molecule has 134 valence electrons. The molecule has 7 nitrogen and oxygen atoms in total. The number of carbonyl (C=O) groups excluding carboxylic acids is 1. The van der Waals surface area contributed by atoms with E-state index in [1.807, 2.05) is 18.2 Å². The van der Waals surface area contributed by atoms with Crippen molar-refractivity contribution in [2.75, 3.05) is 37.7 Å². The molecule has 0 atom stereocenters. The van der Waals surface area contributed by atoms with Crippen molar-refractivity contribution in [3.63, 3.8) is 0 Å². The van der Waals surface area contributed by atoms with Gasteiger partial charge < -0.3 is 20.1 Å². The highest BCUT2D eigenvalue weighted by atomic mass is 32.2. The fourth-order valence-corrected chi connectivity index (χ4v) is 3.35. The Morgan fingerprint density at radius 1 is 1.04 bits per heavy atom. The lowest BCUT2D eigenvalue weighted by Gasteiger charge is -2.16. The normalized spacial score (nSPS) is 10.8. The van der Waals surface area contributed by atoms with Crippen molar-refractivity contribution in [2.45, 2.75) is 4.90 Å². The Hall–Kier alpha value is -2.74. The van der Waals surface area contributed by atoms with Crippen molar-refractivity contribution >= 4 is 27.1 Å². The first kappa shape index (κ1) is 18.6. The van der Waals surface area contributed by atoms with E-state index in [1.165, 1.54) is 20.3 Å². The van der Waals surface area contributed by atoms with Crippen LogP contribution in [0.2, 0.25) is 0 Å². The molecule has 0 unspecified atom stereocenters. The summed E-state index contributed by atoms with van der Waals surface area (Å²) in [5, 5.41) is 5.62. The van der Waals surface area contributed by atoms with Crippen LogP contribution in [0, 0.1) is 0 Å². The van der Waals surface area contributed by atoms with Gasteiger partial charge in [-0.25, -0.2) is 8.42 Å². The average Bonchev–Trinajstić information content (AvgIpc) is 2.59. The molecule has 0 radical (unpaired) electrons. The molecule has 2 aromatic rings. The number of hydrogen-bond acceptors (Lipinski definition) is 6. The molecule has 25 heavy (non-hydrogen) atoms. The Labute approximate surface area is 146 Å². The first-order valence-corrected chi connectivity index (χ1v) is 9.29. The number of benzene rings is 2. The Bertz CT molecular complexity index is 851. The Morgan fingerprint density at radius 3 is 2.28 bits per heavy atom. The topological polar surface area (TPSA) is 93.7 Å². The van der Waals surface area contributed by atoms with Crippen LogP contribution in [0.15, 0.2) is 47.4 Å². The minimum Gasteiger partial charge on any atom is -0.495 e. The van der Waals surface area contributed by atoms with E-state index in [4.69, 9.17) is 9.47 Å². The Morgan fingerprint density at radius 2 is 1.72 bits per heavy atom. The molecule has 8 heteroatoms. The molecule has 2 aromatic carbocycles. The number of amides is 1. The van der Waals surface area contributed by atoms with Gasteiger partial charge in [-0.3, -0.25) is 4.79 Å². The molecule has 0 aliphatic rings. The van der Waals surface area contributed by atoms with Crippen LogP contribution < -0.4 is 20.1 Å². The predicted octanol–water partition coefficient (Wildman–Crippen LogP) is 2.16. The number of ether oxygens (including phenoxy) is 2. The van der Waals surface area contributed by atoms with Gasteiger partial charge in [0.25, 0.3) is 0 Å². The van der Waals surface area contributed by atoms with Gasteiger partial charge in [0.1, 0.15) is 5.75 Å². The summed E-state index contributed by atoms with van der Waals surface area (Å²) >= 11 is 0. The Kier molecular flexibility index (Phi) is 5.87. The number of para-hydroxylation sites is 1. The molecule has 0 heterocycles. The molecule has 0 spiro atoms. The van der Waals surface area contributed by atoms with Crippen LogP contribution in [0.1, 0.15) is 0 Å². The fraction of sp³-hybridized carbons (Fsp3) is 0.235. The van der Waals surface area contributed by atoms with Crippen LogP contribution in [0.25, 0.3) is 0 Å². The fourth-order valence-electron chi connectivity index (χ4n) is 2.30. The van der Waals surface area contributed by atoms with Gasteiger partial charge in [-0.15, -0.1) is 0 Å². The van der Waals surface area contributed by atoms with Gasteiger partial charge in [-0.05, 0) is 24.3 Å². The molecule has 1 amide bonds. The molecule has 0 saturated heterocycles. The number of nitrogens with one attached hydrogen (secondary N) is 2. The number of hydrogen-bond donors (Lipinski definition) is 2. The molecule has 0 aliphatic carbocycles. The standard InChI is InChI=1S/C17H20N2O5S/c1-23-14-10-9-13(16(24-2)17(14)25(3,21)22)18-11-15(20)19-12-7-5-4-6-8-12/h4-10,18H,11H2,1-3H3,(H,19,20). The van der Waals surface area contributed by atoms with E-state index in [0.29, 0.717) is 11.4 Å². The maximum absolute atomic E-state index is 12.1. The summed E-state index contributed by atoms with van der Waals surface area (Å²) in [6.07, 6.45) is 1.07. The molecule has 0 fully saturated rings. The first-order valence-electron chi connectivity index (χ1n) is 7.40. The second-order valence-corrected chi connectivity index (χ2v) is 7.17. The van der Waals surface area contributed by atoms with E-state index < -0.39 is 9.84 Å². The van der Waals surface area contributed by atoms with Gasteiger partial charge in [0, 0.05) is 11.9 Å². The van der Waals surface area contributed by atoms with Crippen LogP contribution in [0.3, 0.4) is 0 Å². The summed E-state index contributed by atoms with van der Waals surface area (Å²) in [4.78, 5) is 12.0. The molecular formula is C17H20N2O5S. The highest BCUT2D eigenvalue weighted by Gasteiger charge is 2.23. The van der Waals surface area contributed by atoms with E-state index in [2.05, 4.69) is 10.6 Å². The SMILES string of the molecule is COc1ccc(NCC(=O)Nc2ccccc2)c(OC)c1S(C)(=O)=O. The highest BCUT2D eigenvalue weighted by Crippen LogP contribution is 2.39.